The lowest BCUT2D eigenvalue weighted by atomic mass is 10.2. The fraction of sp³-hybridized carbons (Fsp3) is 1.00. The van der Waals surface area contributed by atoms with Crippen LogP contribution in [0.5, 0.6) is 0 Å². The van der Waals surface area contributed by atoms with Crippen LogP contribution in [0.15, 0.2) is 0 Å². The minimum Gasteiger partial charge on any atom is -0.375 e. The van der Waals surface area contributed by atoms with Gasteiger partial charge in [-0.15, -0.1) is 0 Å². The smallest absolute Gasteiger partial charge is 0.169 e. The summed E-state index contributed by atoms with van der Waals surface area (Å²) in [6, 6.07) is 0. The summed E-state index contributed by atoms with van der Waals surface area (Å²) < 4.78 is 15.9. The number of methoxy groups -OCH3 is 2. The summed E-state index contributed by atoms with van der Waals surface area (Å²) in [7, 11) is 5.32. The van der Waals surface area contributed by atoms with Gasteiger partial charge in [-0.1, -0.05) is 0 Å². The predicted octanol–water partition coefficient (Wildman–Crippen LogP) is 1.35. The summed E-state index contributed by atoms with van der Waals surface area (Å²) in [5, 5.41) is 0. The lowest BCUT2D eigenvalue weighted by Crippen LogP contribution is -2.35. The Morgan fingerprint density at radius 1 is 1.13 bits per heavy atom. The van der Waals surface area contributed by atoms with Crippen molar-refractivity contribution in [2.45, 2.75) is 32.7 Å². The molecule has 0 aliphatic rings. The highest BCUT2D eigenvalue weighted by Crippen LogP contribution is 2.06. The topological polar surface area (TPSA) is 30.9 Å². The molecule has 0 aromatic heterocycles. The van der Waals surface area contributed by atoms with Crippen molar-refractivity contribution < 1.29 is 14.2 Å². The molecule has 0 radical (unpaired) electrons. The van der Waals surface area contributed by atoms with Gasteiger partial charge in [-0.05, 0) is 27.8 Å². The van der Waals surface area contributed by atoms with Crippen LogP contribution in [0.2, 0.25) is 0 Å². The van der Waals surface area contributed by atoms with Crippen molar-refractivity contribution >= 4 is 0 Å². The summed E-state index contributed by atoms with van der Waals surface area (Å²) >= 11 is 0. The van der Waals surface area contributed by atoms with Gasteiger partial charge in [0.25, 0.3) is 0 Å². The first-order chi connectivity index (χ1) is 6.89. The molecule has 0 unspecified atom stereocenters. The number of likely N-dealkylation sites (N-methyl/N-ethyl adjacent to an activating group) is 1. The summed E-state index contributed by atoms with van der Waals surface area (Å²) in [6.07, 6.45) is -0.162. The number of hydrogen-bond donors (Lipinski definition) is 0. The van der Waals surface area contributed by atoms with E-state index < -0.39 is 0 Å². The average Bonchev–Trinajstić information content (AvgIpc) is 2.12. The highest BCUT2D eigenvalue weighted by molar-refractivity contribution is 4.60. The first-order valence-electron chi connectivity index (χ1n) is 5.27. The number of hydrogen-bond acceptors (Lipinski definition) is 4. The van der Waals surface area contributed by atoms with Gasteiger partial charge in [0.05, 0.1) is 12.2 Å². The molecule has 0 aromatic carbocycles. The molecule has 0 fully saturated rings. The first kappa shape index (κ1) is 14.8. The van der Waals surface area contributed by atoms with Crippen LogP contribution >= 0.6 is 0 Å². The molecule has 0 heterocycles. The predicted molar refractivity (Wildman–Crippen MR) is 61.0 cm³/mol. The van der Waals surface area contributed by atoms with Crippen LogP contribution in [-0.2, 0) is 14.2 Å². The molecular weight excluding hydrogens is 194 g/mol. The summed E-state index contributed by atoms with van der Waals surface area (Å²) in [4.78, 5) is 2.13. The quantitative estimate of drug-likeness (QED) is 0.605. The maximum atomic E-state index is 5.63. The van der Waals surface area contributed by atoms with Crippen molar-refractivity contribution in [2.75, 3.05) is 41.0 Å². The Hall–Kier alpha value is -0.160. The average molecular weight is 219 g/mol. The first-order valence-corrected chi connectivity index (χ1v) is 5.27. The molecule has 0 N–H and O–H groups in total. The van der Waals surface area contributed by atoms with Gasteiger partial charge >= 0.3 is 0 Å². The van der Waals surface area contributed by atoms with Crippen LogP contribution in [0.25, 0.3) is 0 Å². The standard InChI is InChI=1S/C11H25NO3/c1-11(2,3)15-8-7-12(4)9-10(13-5)14-6/h10H,7-9H2,1-6H3. The Labute approximate surface area is 93.5 Å². The van der Waals surface area contributed by atoms with Crippen molar-refractivity contribution in [3.8, 4) is 0 Å². The van der Waals surface area contributed by atoms with E-state index in [0.29, 0.717) is 0 Å². The van der Waals surface area contributed by atoms with E-state index in [1.165, 1.54) is 0 Å². The Kier molecular flexibility index (Phi) is 7.09. The molecule has 0 aliphatic heterocycles. The molecule has 0 aromatic rings. The van der Waals surface area contributed by atoms with Crippen LogP contribution in [0.3, 0.4) is 0 Å². The fourth-order valence-electron chi connectivity index (χ4n) is 1.10. The van der Waals surface area contributed by atoms with Gasteiger partial charge in [0.2, 0.25) is 0 Å². The Morgan fingerprint density at radius 3 is 2.07 bits per heavy atom. The van der Waals surface area contributed by atoms with Gasteiger partial charge < -0.3 is 14.2 Å². The van der Waals surface area contributed by atoms with Crippen LogP contribution < -0.4 is 0 Å². The second-order valence-corrected chi connectivity index (χ2v) is 4.62. The van der Waals surface area contributed by atoms with Gasteiger partial charge in [0.15, 0.2) is 6.29 Å². The van der Waals surface area contributed by atoms with E-state index in [4.69, 9.17) is 14.2 Å². The zero-order valence-electron chi connectivity index (χ0n) is 10.9. The molecule has 0 spiro atoms. The van der Waals surface area contributed by atoms with E-state index in [1.807, 2.05) is 7.05 Å². The summed E-state index contributed by atoms with van der Waals surface area (Å²) in [5.41, 5.74) is -0.0667. The molecule has 4 heteroatoms. The molecule has 0 bridgehead atoms. The van der Waals surface area contributed by atoms with Gasteiger partial charge in [0.1, 0.15) is 0 Å². The van der Waals surface area contributed by atoms with E-state index in [1.54, 1.807) is 14.2 Å². The number of rotatable bonds is 7. The molecule has 0 rings (SSSR count). The van der Waals surface area contributed by atoms with Gasteiger partial charge in [-0.2, -0.15) is 0 Å². The SMILES string of the molecule is COC(CN(C)CCOC(C)(C)C)OC. The largest absolute Gasteiger partial charge is 0.375 e. The third kappa shape index (κ3) is 8.81. The third-order valence-corrected chi connectivity index (χ3v) is 1.99. The van der Waals surface area contributed by atoms with Crippen molar-refractivity contribution in [3.63, 3.8) is 0 Å². The minimum atomic E-state index is -0.162. The van der Waals surface area contributed by atoms with Gasteiger partial charge in [-0.3, -0.25) is 4.90 Å². The summed E-state index contributed by atoms with van der Waals surface area (Å²) in [5.74, 6) is 0. The van der Waals surface area contributed by atoms with Crippen LogP contribution in [-0.4, -0.2) is 57.8 Å². The van der Waals surface area contributed by atoms with E-state index in [9.17, 15) is 0 Å². The van der Waals surface area contributed by atoms with Gasteiger partial charge in [0, 0.05) is 27.3 Å². The molecule has 4 nitrogen and oxygen atoms in total. The minimum absolute atomic E-state index is 0.0667. The molecule has 0 saturated carbocycles. The molecule has 0 atom stereocenters. The molecule has 0 amide bonds. The van der Waals surface area contributed by atoms with Crippen LogP contribution in [0.4, 0.5) is 0 Å². The lowest BCUT2D eigenvalue weighted by molar-refractivity contribution is -0.116. The van der Waals surface area contributed by atoms with Crippen LogP contribution in [0.1, 0.15) is 20.8 Å². The number of ether oxygens (including phenoxy) is 3. The highest BCUT2D eigenvalue weighted by atomic mass is 16.7. The molecule has 0 saturated heterocycles. The summed E-state index contributed by atoms with van der Waals surface area (Å²) in [6.45, 7) is 8.52. The van der Waals surface area contributed by atoms with E-state index >= 15 is 0 Å². The Balaban J connectivity index is 3.61. The molecular formula is C11H25NO3. The van der Waals surface area contributed by atoms with E-state index in [2.05, 4.69) is 25.7 Å². The molecule has 15 heavy (non-hydrogen) atoms. The van der Waals surface area contributed by atoms with Crippen molar-refractivity contribution in [3.05, 3.63) is 0 Å². The Bertz CT molecular complexity index is 152. The number of nitrogens with zero attached hydrogens (tertiary/aromatic N) is 1. The monoisotopic (exact) mass is 219 g/mol. The molecule has 0 aliphatic carbocycles. The highest BCUT2D eigenvalue weighted by Gasteiger charge is 2.12. The zero-order valence-corrected chi connectivity index (χ0v) is 10.9. The third-order valence-electron chi connectivity index (χ3n) is 1.99. The van der Waals surface area contributed by atoms with Crippen molar-refractivity contribution in [1.82, 2.24) is 4.90 Å². The maximum Gasteiger partial charge on any atom is 0.169 e. The lowest BCUT2D eigenvalue weighted by Gasteiger charge is -2.24. The van der Waals surface area contributed by atoms with Crippen molar-refractivity contribution in [1.29, 1.82) is 0 Å². The molecule has 92 valence electrons. The van der Waals surface area contributed by atoms with E-state index in [-0.39, 0.29) is 11.9 Å². The second kappa shape index (κ2) is 7.17. The second-order valence-electron chi connectivity index (χ2n) is 4.62. The van der Waals surface area contributed by atoms with Gasteiger partial charge in [-0.25, -0.2) is 0 Å². The normalized spacial score (nSPS) is 12.8. The maximum absolute atomic E-state index is 5.63. The fourth-order valence-corrected chi connectivity index (χ4v) is 1.10. The zero-order chi connectivity index (χ0) is 11.9. The van der Waals surface area contributed by atoms with Crippen LogP contribution in [0, 0.1) is 0 Å². The Morgan fingerprint density at radius 2 is 1.67 bits per heavy atom. The van der Waals surface area contributed by atoms with Crippen molar-refractivity contribution in [2.24, 2.45) is 0 Å². The van der Waals surface area contributed by atoms with E-state index in [0.717, 1.165) is 19.7 Å².